The fraction of sp³-hybridized carbons (Fsp3) is 0.348. The van der Waals surface area contributed by atoms with Crippen molar-refractivity contribution >= 4 is 16.9 Å². The van der Waals surface area contributed by atoms with E-state index in [2.05, 4.69) is 4.98 Å². The molecular weight excluding hydrogens is 368 g/mol. The van der Waals surface area contributed by atoms with Gasteiger partial charge in [0.2, 0.25) is 0 Å². The molecule has 6 nitrogen and oxygen atoms in total. The molecule has 150 valence electrons. The topological polar surface area (TPSA) is 72.6 Å². The van der Waals surface area contributed by atoms with E-state index in [4.69, 9.17) is 9.15 Å². The first-order chi connectivity index (χ1) is 14.0. The minimum absolute atomic E-state index is 0.0413. The SMILES string of the molecule is CCc1cc(=O)oc2cc(C)cc(OC(C)C(=O)N3CC(c4ccncc4)C3)c12. The highest BCUT2D eigenvalue weighted by Crippen LogP contribution is 2.32. The van der Waals surface area contributed by atoms with Gasteiger partial charge in [0.1, 0.15) is 11.3 Å². The number of carbonyl (C=O) groups excluding carboxylic acids is 1. The molecule has 1 aliphatic heterocycles. The van der Waals surface area contributed by atoms with Gasteiger partial charge in [0.25, 0.3) is 5.91 Å². The van der Waals surface area contributed by atoms with Gasteiger partial charge in [-0.25, -0.2) is 4.79 Å². The summed E-state index contributed by atoms with van der Waals surface area (Å²) in [5.74, 6) is 0.878. The third kappa shape index (κ3) is 3.75. The van der Waals surface area contributed by atoms with Gasteiger partial charge in [-0.3, -0.25) is 9.78 Å². The first-order valence-electron chi connectivity index (χ1n) is 9.89. The molecule has 6 heteroatoms. The predicted molar refractivity (Wildman–Crippen MR) is 110 cm³/mol. The van der Waals surface area contributed by atoms with Crippen molar-refractivity contribution in [3.8, 4) is 5.75 Å². The normalized spacial score (nSPS) is 15.2. The zero-order chi connectivity index (χ0) is 20.5. The first-order valence-corrected chi connectivity index (χ1v) is 9.89. The smallest absolute Gasteiger partial charge is 0.336 e. The summed E-state index contributed by atoms with van der Waals surface area (Å²) in [7, 11) is 0. The number of carbonyl (C=O) groups is 1. The van der Waals surface area contributed by atoms with E-state index in [0.29, 0.717) is 36.8 Å². The van der Waals surface area contributed by atoms with Gasteiger partial charge in [0.15, 0.2) is 6.10 Å². The number of hydrogen-bond donors (Lipinski definition) is 0. The third-order valence-corrected chi connectivity index (χ3v) is 5.44. The molecule has 1 unspecified atom stereocenters. The monoisotopic (exact) mass is 392 g/mol. The average Bonchev–Trinajstić information content (AvgIpc) is 2.66. The van der Waals surface area contributed by atoms with Crippen molar-refractivity contribution < 1.29 is 13.9 Å². The number of pyridine rings is 1. The Hall–Kier alpha value is -3.15. The lowest BCUT2D eigenvalue weighted by atomic mass is 9.92. The highest BCUT2D eigenvalue weighted by molar-refractivity contribution is 5.88. The number of rotatable bonds is 5. The lowest BCUT2D eigenvalue weighted by Gasteiger charge is -2.40. The van der Waals surface area contributed by atoms with Crippen molar-refractivity contribution in [3.63, 3.8) is 0 Å². The summed E-state index contributed by atoms with van der Waals surface area (Å²) in [5, 5.41) is 0.760. The zero-order valence-electron chi connectivity index (χ0n) is 16.8. The molecule has 4 rings (SSSR count). The van der Waals surface area contributed by atoms with E-state index in [1.165, 1.54) is 11.6 Å². The molecule has 3 aromatic rings. The van der Waals surface area contributed by atoms with Crippen molar-refractivity contribution in [1.29, 1.82) is 0 Å². The highest BCUT2D eigenvalue weighted by Gasteiger charge is 2.34. The Balaban J connectivity index is 1.53. The van der Waals surface area contributed by atoms with Crippen LogP contribution in [0.2, 0.25) is 0 Å². The van der Waals surface area contributed by atoms with E-state index < -0.39 is 6.10 Å². The second-order valence-electron chi connectivity index (χ2n) is 7.56. The van der Waals surface area contributed by atoms with Crippen LogP contribution in [-0.2, 0) is 11.2 Å². The molecule has 1 amide bonds. The molecule has 0 aliphatic carbocycles. The highest BCUT2D eigenvalue weighted by atomic mass is 16.5. The summed E-state index contributed by atoms with van der Waals surface area (Å²) in [6, 6.07) is 9.19. The number of aromatic nitrogens is 1. The third-order valence-electron chi connectivity index (χ3n) is 5.44. The van der Waals surface area contributed by atoms with Gasteiger partial charge < -0.3 is 14.1 Å². The van der Waals surface area contributed by atoms with Gasteiger partial charge in [0, 0.05) is 37.5 Å². The molecule has 0 N–H and O–H groups in total. The zero-order valence-corrected chi connectivity index (χ0v) is 16.8. The number of ether oxygens (including phenoxy) is 1. The number of likely N-dealkylation sites (tertiary alicyclic amines) is 1. The number of aryl methyl sites for hydroxylation is 2. The molecule has 0 bridgehead atoms. The second kappa shape index (κ2) is 7.70. The maximum atomic E-state index is 12.9. The quantitative estimate of drug-likeness (QED) is 0.622. The number of benzene rings is 1. The van der Waals surface area contributed by atoms with Gasteiger partial charge in [-0.15, -0.1) is 0 Å². The summed E-state index contributed by atoms with van der Waals surface area (Å²) in [5.41, 5.74) is 3.08. The standard InChI is InChI=1S/C23H24N2O4/c1-4-16-11-21(26)29-20-10-14(2)9-19(22(16)20)28-15(3)23(27)25-12-18(13-25)17-5-7-24-8-6-17/h5-11,15,18H,4,12-13H2,1-3H3. The molecular formula is C23H24N2O4. The fourth-order valence-corrected chi connectivity index (χ4v) is 3.84. The number of amides is 1. The van der Waals surface area contributed by atoms with Gasteiger partial charge in [-0.2, -0.15) is 0 Å². The van der Waals surface area contributed by atoms with Crippen LogP contribution in [0.4, 0.5) is 0 Å². The van der Waals surface area contributed by atoms with Gasteiger partial charge >= 0.3 is 5.63 Å². The molecule has 1 aliphatic rings. The Kier molecular flexibility index (Phi) is 5.09. The lowest BCUT2D eigenvalue weighted by Crippen LogP contribution is -2.52. The molecule has 1 fully saturated rings. The summed E-state index contributed by atoms with van der Waals surface area (Å²) >= 11 is 0. The van der Waals surface area contributed by atoms with Gasteiger partial charge in [-0.1, -0.05) is 6.92 Å². The van der Waals surface area contributed by atoms with E-state index >= 15 is 0 Å². The first kappa shape index (κ1) is 19.2. The van der Waals surface area contributed by atoms with Gasteiger partial charge in [0.05, 0.1) is 5.39 Å². The number of fused-ring (bicyclic) bond motifs is 1. The Morgan fingerprint density at radius 3 is 2.69 bits per heavy atom. The minimum Gasteiger partial charge on any atom is -0.480 e. The molecule has 0 spiro atoms. The summed E-state index contributed by atoms with van der Waals surface area (Å²) < 4.78 is 11.5. The summed E-state index contributed by atoms with van der Waals surface area (Å²) in [6.45, 7) is 7.01. The molecule has 0 radical (unpaired) electrons. The molecule has 2 aromatic heterocycles. The van der Waals surface area contributed by atoms with Crippen molar-refractivity contribution in [1.82, 2.24) is 9.88 Å². The van der Waals surface area contributed by atoms with Crippen LogP contribution in [0, 0.1) is 6.92 Å². The van der Waals surface area contributed by atoms with Crippen molar-refractivity contribution in [2.45, 2.75) is 39.2 Å². The Morgan fingerprint density at radius 2 is 2.00 bits per heavy atom. The largest absolute Gasteiger partial charge is 0.480 e. The van der Waals surface area contributed by atoms with Crippen LogP contribution in [-0.4, -0.2) is 35.0 Å². The molecule has 3 heterocycles. The average molecular weight is 392 g/mol. The van der Waals surface area contributed by atoms with Crippen LogP contribution < -0.4 is 10.4 Å². The van der Waals surface area contributed by atoms with Crippen LogP contribution in [0.5, 0.6) is 5.75 Å². The van der Waals surface area contributed by atoms with Crippen LogP contribution >= 0.6 is 0 Å². The molecule has 1 aromatic carbocycles. The van der Waals surface area contributed by atoms with Crippen LogP contribution in [0.1, 0.15) is 36.5 Å². The van der Waals surface area contributed by atoms with E-state index in [1.807, 2.05) is 43.0 Å². The summed E-state index contributed by atoms with van der Waals surface area (Å²) in [6.07, 6.45) is 3.59. The molecule has 1 saturated heterocycles. The Bertz CT molecular complexity index is 1100. The maximum absolute atomic E-state index is 12.9. The molecule has 0 saturated carbocycles. The Morgan fingerprint density at radius 1 is 1.28 bits per heavy atom. The Labute approximate surface area is 169 Å². The van der Waals surface area contributed by atoms with Crippen LogP contribution in [0.15, 0.2) is 51.9 Å². The van der Waals surface area contributed by atoms with Crippen molar-refractivity contribution in [2.24, 2.45) is 0 Å². The lowest BCUT2D eigenvalue weighted by molar-refractivity contribution is -0.142. The number of nitrogens with zero attached hydrogens (tertiary/aromatic N) is 2. The fourth-order valence-electron chi connectivity index (χ4n) is 3.84. The maximum Gasteiger partial charge on any atom is 0.336 e. The molecule has 29 heavy (non-hydrogen) atoms. The van der Waals surface area contributed by atoms with Crippen molar-refractivity contribution in [2.75, 3.05) is 13.1 Å². The van der Waals surface area contributed by atoms with Crippen LogP contribution in [0.25, 0.3) is 11.0 Å². The minimum atomic E-state index is -0.630. The molecule has 1 atom stereocenters. The number of hydrogen-bond acceptors (Lipinski definition) is 5. The summed E-state index contributed by atoms with van der Waals surface area (Å²) in [4.78, 5) is 30.5. The van der Waals surface area contributed by atoms with Crippen molar-refractivity contribution in [3.05, 3.63) is 69.8 Å². The van der Waals surface area contributed by atoms with E-state index in [0.717, 1.165) is 16.5 Å². The second-order valence-corrected chi connectivity index (χ2v) is 7.56. The van der Waals surface area contributed by atoms with Gasteiger partial charge in [-0.05, 0) is 61.2 Å². The van der Waals surface area contributed by atoms with E-state index in [9.17, 15) is 9.59 Å². The van der Waals surface area contributed by atoms with E-state index in [1.54, 1.807) is 19.3 Å². The van der Waals surface area contributed by atoms with Crippen LogP contribution in [0.3, 0.4) is 0 Å². The van der Waals surface area contributed by atoms with E-state index in [-0.39, 0.29) is 11.5 Å². The predicted octanol–water partition coefficient (Wildman–Crippen LogP) is 3.45.